The van der Waals surface area contributed by atoms with E-state index in [-0.39, 0.29) is 106 Å². The molecule has 0 bridgehead atoms. The number of likely N-dealkylation sites (N-methyl/N-ethyl adjacent to an activating group) is 3. The quantitative estimate of drug-likeness (QED) is 0.0191. The molecule has 0 saturated carbocycles. The molecule has 6 fully saturated rings. The van der Waals surface area contributed by atoms with Crippen LogP contribution in [-0.4, -0.2) is 328 Å². The zero-order valence-corrected chi connectivity index (χ0v) is 72.7. The van der Waals surface area contributed by atoms with Crippen molar-refractivity contribution in [2.24, 2.45) is 23.7 Å². The Morgan fingerprint density at radius 2 is 0.734 bits per heavy atom. The maximum absolute atomic E-state index is 13.7. The molecule has 6 saturated heterocycles. The van der Waals surface area contributed by atoms with Crippen LogP contribution in [0.5, 0.6) is 0 Å². The Bertz CT molecular complexity index is 5060. The van der Waals surface area contributed by atoms with Gasteiger partial charge in [0.15, 0.2) is 0 Å². The number of nitrogens with one attached hydrogen (secondary N) is 5. The van der Waals surface area contributed by atoms with Crippen molar-refractivity contribution in [3.8, 4) is 12.1 Å². The van der Waals surface area contributed by atoms with Gasteiger partial charge >= 0.3 is 35.9 Å². The predicted molar refractivity (Wildman–Crippen MR) is 462 cm³/mol. The first-order valence-electron chi connectivity index (χ1n) is 42.4. The van der Waals surface area contributed by atoms with Gasteiger partial charge in [-0.05, 0) is 92.9 Å². The van der Waals surface area contributed by atoms with E-state index in [1.54, 1.807) is 60.8 Å². The molecular weight excluding hydrogens is 1600 g/mol. The first-order valence-corrected chi connectivity index (χ1v) is 42.4. The number of alkyl halides is 1. The number of H-pyrrole nitrogens is 4. The van der Waals surface area contributed by atoms with E-state index in [0.717, 1.165) is 96.8 Å². The second kappa shape index (κ2) is 44.4. The number of nitrogens with zero attached hydrogens (tertiary/aromatic N) is 15. The molecule has 6 aliphatic heterocycles. The summed E-state index contributed by atoms with van der Waals surface area (Å²) in [4.78, 5) is 149. The van der Waals surface area contributed by atoms with Crippen molar-refractivity contribution in [3.05, 3.63) is 96.1 Å². The first-order chi connectivity index (χ1) is 59.9. The molecule has 668 valence electrons. The van der Waals surface area contributed by atoms with Crippen LogP contribution in [0.15, 0.2) is 73.8 Å². The van der Waals surface area contributed by atoms with Crippen LogP contribution in [0, 0.1) is 46.3 Å². The normalized spacial score (nSPS) is 20.6. The van der Waals surface area contributed by atoms with Crippen LogP contribution in [-0.2, 0) is 47.5 Å². The number of amides is 6. The molecule has 6 amide bonds. The molecule has 0 aliphatic carbocycles. The minimum Gasteiger partial charge on any atom is -0.460 e. The molecule has 9 atom stereocenters. The highest BCUT2D eigenvalue weighted by Gasteiger charge is 2.41. The first kappa shape index (κ1) is 92.8. The summed E-state index contributed by atoms with van der Waals surface area (Å²) in [5.41, 5.74) is 7.07. The molecule has 8 aromatic heterocycles. The number of hydrogen-bond donors (Lipinski definition) is 5. The van der Waals surface area contributed by atoms with Crippen LogP contribution < -0.4 is 20.0 Å². The van der Waals surface area contributed by atoms with Crippen molar-refractivity contribution in [1.29, 1.82) is 10.5 Å². The van der Waals surface area contributed by atoms with Crippen LogP contribution in [0.3, 0.4) is 0 Å². The van der Waals surface area contributed by atoms with Crippen LogP contribution in [0.25, 0.3) is 44.1 Å². The van der Waals surface area contributed by atoms with Crippen molar-refractivity contribution >= 4 is 115 Å². The lowest BCUT2D eigenvalue weighted by Crippen LogP contribution is -2.55. The summed E-state index contributed by atoms with van der Waals surface area (Å²) >= 11 is 0. The van der Waals surface area contributed by atoms with Crippen LogP contribution >= 0.6 is 0 Å². The van der Waals surface area contributed by atoms with Gasteiger partial charge in [-0.25, -0.2) is 53.1 Å². The van der Waals surface area contributed by atoms with E-state index in [4.69, 9.17) is 48.4 Å². The molecule has 5 N–H and O–H groups in total. The monoisotopic (exact) mass is 1720 g/mol. The van der Waals surface area contributed by atoms with Crippen LogP contribution in [0.2, 0.25) is 0 Å². The summed E-state index contributed by atoms with van der Waals surface area (Å²) in [7, 11) is 12.1. The smallest absolute Gasteiger partial charge is 0.341 e. The number of urea groups is 2. The molecule has 0 aromatic carbocycles. The number of fused-ring (bicyclic) bond motifs is 4. The lowest BCUT2D eigenvalue weighted by atomic mass is 9.91. The molecule has 14 rings (SSSR count). The highest BCUT2D eigenvalue weighted by molar-refractivity contribution is 6.08. The standard InChI is InChI=1S/C23H32FN5O4.C23H33N5O4.C21H27N5O4.C20H25N5O4/c1-15-5-8-29(23(31)28-9-6-16(24)13-28)14-19(15)27(2)20-17-4-7-25-21(17)26-12-18(20)22(30)33-11-10-32-3;1-16-7-11-28(23(30)27-9-4-5-10-27)15-19(16)26(2)20-17-6-8-24-21(17)25-14-18(20)22(29)32-13-12-31-3;1-14-6-9-26(18(27)4-7-22)13-17(14)25(2)19-15-5-8-23-20(15)24-12-16(19)21(28)30-11-10-29-3;1-13-5-8-25(17(26)3-6-21)12-16(13)24-18-14-4-7-22-19(14)23-11-15(18)20(27)29-10-9-28-2/h4,7,12,15-16,19H,5-6,8-11,13-14H2,1-3H3,(H,25,26);6,8,14,16,19H,4-5,7,9-13,15H2,1-3H3,(H,24,25);5,8,12,14,17H,4,6,9-11,13H2,1-3H3,(H,23,24);4,7,11,13,16H,3,5,8-10,12H2,1-2H3,(H2,22,23,24)/t15-,16+,19+;16-,19+;14-,17+;13-,16+/m1111/s1. The van der Waals surface area contributed by atoms with Gasteiger partial charge in [-0.3, -0.25) is 9.59 Å². The van der Waals surface area contributed by atoms with E-state index in [2.05, 4.69) is 82.7 Å². The summed E-state index contributed by atoms with van der Waals surface area (Å²) in [5.74, 6) is -0.962. The number of pyridine rings is 4. The van der Waals surface area contributed by atoms with Gasteiger partial charge in [0.2, 0.25) is 11.8 Å². The molecule has 0 spiro atoms. The van der Waals surface area contributed by atoms with Gasteiger partial charge < -0.3 is 107 Å². The van der Waals surface area contributed by atoms with Crippen LogP contribution in [0.4, 0.5) is 36.7 Å². The van der Waals surface area contributed by atoms with E-state index in [0.29, 0.717) is 148 Å². The van der Waals surface area contributed by atoms with Gasteiger partial charge in [-0.2, -0.15) is 10.5 Å². The number of anilines is 4. The molecule has 0 radical (unpaired) electrons. The Kier molecular flexibility index (Phi) is 33.2. The predicted octanol–water partition coefficient (Wildman–Crippen LogP) is 9.29. The Morgan fingerprint density at radius 3 is 1.10 bits per heavy atom. The molecule has 0 unspecified atom stereocenters. The molecule has 6 aliphatic rings. The van der Waals surface area contributed by atoms with Crippen LogP contribution in [0.1, 0.15) is 127 Å². The molecular formula is C87H117FN20O16. The van der Waals surface area contributed by atoms with E-state index < -0.39 is 30.0 Å². The fourth-order valence-electron chi connectivity index (χ4n) is 17.0. The Balaban J connectivity index is 0.000000161. The highest BCUT2D eigenvalue weighted by atomic mass is 19.1. The third-order valence-electron chi connectivity index (χ3n) is 24.3. The average molecular weight is 1720 g/mol. The van der Waals surface area contributed by atoms with Crippen molar-refractivity contribution in [2.45, 2.75) is 116 Å². The molecule has 8 aromatic rings. The Hall–Kier alpha value is -11.9. The van der Waals surface area contributed by atoms with Gasteiger partial charge in [0, 0.05) is 217 Å². The van der Waals surface area contributed by atoms with E-state index in [9.17, 15) is 42.7 Å². The number of carbonyl (C=O) groups is 8. The van der Waals surface area contributed by atoms with Gasteiger partial charge in [-0.1, -0.05) is 27.7 Å². The number of carbonyl (C=O) groups excluding carboxylic acids is 8. The number of esters is 4. The SMILES string of the molecule is COCCOC(=O)c1cnc2[nH]ccc2c1N(C)[C@H]1CN(C(=O)CC#N)CC[C@H]1C.COCCOC(=O)c1cnc2[nH]ccc2c1N(C)[C@H]1CN(C(=O)N2CCCC2)CC[C@H]1C.COCCOC(=O)c1cnc2[nH]ccc2c1N(C)[C@H]1CN(C(=O)N2CC[C@H](F)C2)CC[C@H]1C.COCCOC(=O)c1cnc2[nH]ccc2c1N[C@H]1CN(C(=O)CC#N)CC[C@H]1C. The second-order valence-corrected chi connectivity index (χ2v) is 32.3. The number of ether oxygens (including phenoxy) is 8. The number of hydrogen-bond acceptors (Lipinski definition) is 26. The summed E-state index contributed by atoms with van der Waals surface area (Å²) in [5, 5.41) is 24.4. The summed E-state index contributed by atoms with van der Waals surface area (Å²) in [6.07, 6.45) is 18.0. The number of piperidine rings is 4. The fourth-order valence-corrected chi connectivity index (χ4v) is 17.0. The number of methoxy groups -OCH3 is 4. The third-order valence-corrected chi connectivity index (χ3v) is 24.3. The number of likely N-dealkylation sites (tertiary alicyclic amines) is 6. The number of rotatable bonds is 26. The molecule has 37 heteroatoms. The molecule has 14 heterocycles. The van der Waals surface area contributed by atoms with E-state index in [1.165, 1.54) is 25.7 Å². The van der Waals surface area contributed by atoms with Crippen molar-refractivity contribution < 1.29 is 80.6 Å². The number of halogens is 1. The lowest BCUT2D eigenvalue weighted by molar-refractivity contribution is -0.132. The zero-order chi connectivity index (χ0) is 88.7. The van der Waals surface area contributed by atoms with Gasteiger partial charge in [0.05, 0.1) is 67.9 Å². The topological polar surface area (TPSA) is 414 Å². The van der Waals surface area contributed by atoms with Gasteiger partial charge in [0.25, 0.3) is 0 Å². The van der Waals surface area contributed by atoms with Gasteiger partial charge in [-0.15, -0.1) is 0 Å². The second-order valence-electron chi connectivity index (χ2n) is 32.3. The summed E-state index contributed by atoms with van der Waals surface area (Å²) in [6.45, 7) is 17.6. The van der Waals surface area contributed by atoms with Gasteiger partial charge in [0.1, 0.15) is 90.3 Å². The lowest BCUT2D eigenvalue weighted by Gasteiger charge is -2.43. The number of nitriles is 2. The fraction of sp³-hybridized carbons (Fsp3) is 0.563. The van der Waals surface area contributed by atoms with E-state index in [1.807, 2.05) is 83.3 Å². The summed E-state index contributed by atoms with van der Waals surface area (Å²) < 4.78 is 55.0. The minimum atomic E-state index is -0.943. The maximum atomic E-state index is 13.7. The Labute approximate surface area is 720 Å². The molecule has 36 nitrogen and oxygen atoms in total. The maximum Gasteiger partial charge on any atom is 0.341 e. The Morgan fingerprint density at radius 1 is 0.419 bits per heavy atom. The van der Waals surface area contributed by atoms with Crippen molar-refractivity contribution in [3.63, 3.8) is 0 Å². The average Bonchev–Trinajstić information content (AvgIpc) is 1.49. The number of aromatic amines is 4. The largest absolute Gasteiger partial charge is 0.460 e. The van der Waals surface area contributed by atoms with E-state index >= 15 is 0 Å². The molecule has 124 heavy (non-hydrogen) atoms. The highest BCUT2D eigenvalue weighted by Crippen LogP contribution is 2.39. The third kappa shape index (κ3) is 22.3. The van der Waals surface area contributed by atoms with Crippen molar-refractivity contribution in [2.75, 3.05) is 201 Å². The summed E-state index contributed by atoms with van der Waals surface area (Å²) in [6, 6.07) is 11.4. The minimum absolute atomic E-state index is 0.0209. The zero-order valence-electron chi connectivity index (χ0n) is 72.7. The number of aromatic nitrogens is 8. The van der Waals surface area contributed by atoms with Crippen molar-refractivity contribution in [1.82, 2.24) is 69.3 Å².